The van der Waals surface area contributed by atoms with Crippen LogP contribution in [0.1, 0.15) is 26.2 Å². The van der Waals surface area contributed by atoms with Crippen LogP contribution in [0.4, 0.5) is 8.78 Å². The first-order valence-corrected chi connectivity index (χ1v) is 5.90. The van der Waals surface area contributed by atoms with Gasteiger partial charge in [0.05, 0.1) is 6.34 Å². The number of hydrogen-bond donors (Lipinski definition) is 1. The van der Waals surface area contributed by atoms with E-state index in [1.807, 2.05) is 0 Å². The van der Waals surface area contributed by atoms with E-state index in [0.717, 1.165) is 24.1 Å². The summed E-state index contributed by atoms with van der Waals surface area (Å²) in [6.07, 6.45) is -0.0807. The Labute approximate surface area is 104 Å². The van der Waals surface area contributed by atoms with Gasteiger partial charge in [-0.2, -0.15) is 0 Å². The van der Waals surface area contributed by atoms with Crippen LogP contribution in [0.15, 0.2) is 4.99 Å². The molecule has 4 nitrogen and oxygen atoms in total. The van der Waals surface area contributed by atoms with Gasteiger partial charge in [-0.3, -0.25) is 10.3 Å². The van der Waals surface area contributed by atoms with E-state index in [1.54, 1.807) is 0 Å². The minimum Gasteiger partial charge on any atom is -0.358 e. The Morgan fingerprint density at radius 1 is 1.59 bits per heavy atom. The Morgan fingerprint density at radius 2 is 2.29 bits per heavy atom. The van der Waals surface area contributed by atoms with Gasteiger partial charge >= 0.3 is 0 Å². The van der Waals surface area contributed by atoms with Gasteiger partial charge in [-0.25, -0.2) is 13.8 Å². The lowest BCUT2D eigenvalue weighted by Gasteiger charge is -2.32. The smallest absolute Gasteiger partial charge is 0.295 e. The van der Waals surface area contributed by atoms with Crippen LogP contribution < -0.4 is 0 Å². The number of amidine groups is 1. The third-order valence-electron chi connectivity index (χ3n) is 2.37. The van der Waals surface area contributed by atoms with Crippen LogP contribution in [0.3, 0.4) is 0 Å². The molecule has 1 fully saturated rings. The van der Waals surface area contributed by atoms with Crippen LogP contribution in [0.25, 0.3) is 0 Å². The van der Waals surface area contributed by atoms with Crippen molar-refractivity contribution in [3.05, 3.63) is 0 Å². The van der Waals surface area contributed by atoms with Crippen molar-refractivity contribution in [1.29, 1.82) is 5.41 Å². The van der Waals surface area contributed by atoms with Crippen LogP contribution in [0.2, 0.25) is 0 Å². The molecular formula is C10H16ClF2N3O. The molecule has 17 heavy (non-hydrogen) atoms. The van der Waals surface area contributed by atoms with Crippen molar-refractivity contribution in [3.8, 4) is 0 Å². The molecule has 1 N–H and O–H groups in total. The van der Waals surface area contributed by atoms with Crippen molar-refractivity contribution < 1.29 is 13.5 Å². The predicted molar refractivity (Wildman–Crippen MR) is 63.0 cm³/mol. The summed E-state index contributed by atoms with van der Waals surface area (Å²) in [6.45, 7) is 2.01. The predicted octanol–water partition coefficient (Wildman–Crippen LogP) is 2.67. The molecule has 2 unspecified atom stereocenters. The number of ether oxygens (including phenoxy) is 1. The van der Waals surface area contributed by atoms with E-state index in [9.17, 15) is 8.78 Å². The Kier molecular flexibility index (Phi) is 5.77. The molecule has 0 aliphatic carbocycles. The van der Waals surface area contributed by atoms with Crippen molar-refractivity contribution in [2.45, 2.75) is 44.3 Å². The molecule has 0 aromatic rings. The lowest BCUT2D eigenvalue weighted by Crippen LogP contribution is -2.45. The van der Waals surface area contributed by atoms with Crippen molar-refractivity contribution >= 4 is 23.8 Å². The summed E-state index contributed by atoms with van der Waals surface area (Å²) in [6, 6.07) is 0. The molecule has 1 rings (SSSR count). The normalized spacial score (nSPS) is 23.6. The number of nitrogens with zero attached hydrogens (tertiary/aromatic N) is 2. The van der Waals surface area contributed by atoms with E-state index in [-0.39, 0.29) is 0 Å². The van der Waals surface area contributed by atoms with Gasteiger partial charge in [0.25, 0.3) is 6.43 Å². The maximum Gasteiger partial charge on any atom is 0.295 e. The molecule has 1 aliphatic rings. The van der Waals surface area contributed by atoms with E-state index in [1.165, 1.54) is 6.92 Å². The molecule has 0 radical (unpaired) electrons. The van der Waals surface area contributed by atoms with Crippen molar-refractivity contribution in [1.82, 2.24) is 4.90 Å². The fraction of sp³-hybridized carbons (Fsp3) is 0.800. The summed E-state index contributed by atoms with van der Waals surface area (Å²) in [5.74, 6) is -0.505. The standard InChI is InChI=1S/C10H16ClF2N3O/c1-7(11)15-10(9(12)13)16(6-14)8-4-2-3-5-17-8/h6-9,14H,2-5H2,1H3/b14-6?,15-10-. The molecule has 1 heterocycles. The average Bonchev–Trinajstić information content (AvgIpc) is 2.29. The molecular weight excluding hydrogens is 252 g/mol. The minimum absolute atomic E-state index is 0.505. The third-order valence-corrected chi connectivity index (χ3v) is 2.47. The van der Waals surface area contributed by atoms with Gasteiger partial charge in [0.15, 0.2) is 5.84 Å². The highest BCUT2D eigenvalue weighted by atomic mass is 35.5. The third kappa shape index (κ3) is 4.20. The van der Waals surface area contributed by atoms with Crippen LogP contribution in [0, 0.1) is 5.41 Å². The molecule has 0 aromatic carbocycles. The van der Waals surface area contributed by atoms with E-state index < -0.39 is 24.0 Å². The van der Waals surface area contributed by atoms with Crippen LogP contribution in [-0.2, 0) is 4.74 Å². The molecule has 0 spiro atoms. The van der Waals surface area contributed by atoms with Crippen LogP contribution in [-0.4, -0.2) is 41.8 Å². The number of halogens is 3. The van der Waals surface area contributed by atoms with Crippen LogP contribution in [0.5, 0.6) is 0 Å². The van der Waals surface area contributed by atoms with Gasteiger partial charge < -0.3 is 4.74 Å². The van der Waals surface area contributed by atoms with Crippen molar-refractivity contribution in [2.75, 3.05) is 6.61 Å². The first kappa shape index (κ1) is 14.3. The molecule has 0 amide bonds. The molecule has 0 saturated carbocycles. The molecule has 1 saturated heterocycles. The Hall–Kier alpha value is -0.750. The second-order valence-electron chi connectivity index (χ2n) is 3.72. The van der Waals surface area contributed by atoms with Gasteiger partial charge in [0.2, 0.25) is 0 Å². The van der Waals surface area contributed by atoms with Gasteiger partial charge in [0.1, 0.15) is 11.7 Å². The summed E-state index contributed by atoms with van der Waals surface area (Å²) in [5, 5.41) is 7.23. The fourth-order valence-electron chi connectivity index (χ4n) is 1.66. The van der Waals surface area contributed by atoms with E-state index in [0.29, 0.717) is 13.0 Å². The lowest BCUT2D eigenvalue weighted by atomic mass is 10.1. The number of hydrogen-bond acceptors (Lipinski definition) is 3. The SMILES string of the molecule is CC(Cl)/N=C(/C(F)F)N(C=N)C1CCCCO1. The highest BCUT2D eigenvalue weighted by Crippen LogP contribution is 2.18. The second-order valence-corrected chi connectivity index (χ2v) is 4.35. The summed E-state index contributed by atoms with van der Waals surface area (Å²) in [7, 11) is 0. The zero-order chi connectivity index (χ0) is 12.8. The maximum absolute atomic E-state index is 12.9. The first-order valence-electron chi connectivity index (χ1n) is 5.46. The van der Waals surface area contributed by atoms with E-state index >= 15 is 0 Å². The highest BCUT2D eigenvalue weighted by molar-refractivity contribution is 6.20. The fourth-order valence-corrected chi connectivity index (χ4v) is 1.76. The number of rotatable bonds is 4. The molecule has 7 heteroatoms. The molecule has 0 bridgehead atoms. The van der Waals surface area contributed by atoms with Crippen molar-refractivity contribution in [3.63, 3.8) is 0 Å². The minimum atomic E-state index is -2.77. The Bertz CT molecular complexity index is 281. The van der Waals surface area contributed by atoms with Crippen LogP contribution >= 0.6 is 11.6 Å². The summed E-state index contributed by atoms with van der Waals surface area (Å²) >= 11 is 5.59. The first-order chi connectivity index (χ1) is 8.06. The second kappa shape index (κ2) is 6.86. The largest absolute Gasteiger partial charge is 0.358 e. The Balaban J connectivity index is 2.84. The van der Waals surface area contributed by atoms with E-state index in [2.05, 4.69) is 4.99 Å². The van der Waals surface area contributed by atoms with E-state index in [4.69, 9.17) is 21.7 Å². The van der Waals surface area contributed by atoms with Crippen molar-refractivity contribution in [2.24, 2.45) is 4.99 Å². The summed E-state index contributed by atoms with van der Waals surface area (Å²) in [5.41, 5.74) is -0.759. The van der Waals surface area contributed by atoms with Gasteiger partial charge in [-0.05, 0) is 26.2 Å². The lowest BCUT2D eigenvalue weighted by molar-refractivity contribution is -0.0350. The zero-order valence-electron chi connectivity index (χ0n) is 9.57. The molecule has 98 valence electrons. The molecule has 0 aromatic heterocycles. The molecule has 1 aliphatic heterocycles. The molecule has 2 atom stereocenters. The number of nitrogens with one attached hydrogen (secondary N) is 1. The monoisotopic (exact) mass is 267 g/mol. The topological polar surface area (TPSA) is 48.7 Å². The zero-order valence-corrected chi connectivity index (χ0v) is 10.3. The van der Waals surface area contributed by atoms with Gasteiger partial charge in [0, 0.05) is 6.61 Å². The quantitative estimate of drug-likeness (QED) is 0.368. The van der Waals surface area contributed by atoms with Gasteiger partial charge in [-0.15, -0.1) is 0 Å². The Morgan fingerprint density at radius 3 is 2.71 bits per heavy atom. The summed E-state index contributed by atoms with van der Waals surface area (Å²) < 4.78 is 31.1. The number of aliphatic imine (C=N–C) groups is 1. The van der Waals surface area contributed by atoms with Gasteiger partial charge in [-0.1, -0.05) is 11.6 Å². The number of alkyl halides is 3. The average molecular weight is 268 g/mol. The summed E-state index contributed by atoms with van der Waals surface area (Å²) in [4.78, 5) is 4.71. The maximum atomic E-state index is 12.9. The highest BCUT2D eigenvalue weighted by Gasteiger charge is 2.28.